The van der Waals surface area contributed by atoms with Crippen LogP contribution in [0.5, 0.6) is 0 Å². The number of thioether (sulfide) groups is 1. The number of carbonyl (C=O) groups is 1. The summed E-state index contributed by atoms with van der Waals surface area (Å²) in [6.45, 7) is 3.94. The summed E-state index contributed by atoms with van der Waals surface area (Å²) in [6, 6.07) is 9.51. The van der Waals surface area contributed by atoms with Gasteiger partial charge in [0.2, 0.25) is 0 Å². The Morgan fingerprint density at radius 1 is 1.41 bits per heavy atom. The summed E-state index contributed by atoms with van der Waals surface area (Å²) in [6.07, 6.45) is 1.99. The summed E-state index contributed by atoms with van der Waals surface area (Å²) in [4.78, 5) is 14.8. The van der Waals surface area contributed by atoms with E-state index in [1.54, 1.807) is 28.8 Å². The van der Waals surface area contributed by atoms with E-state index < -0.39 is 0 Å². The number of rotatable bonds is 4. The van der Waals surface area contributed by atoms with Crippen molar-refractivity contribution in [1.29, 1.82) is 5.26 Å². The van der Waals surface area contributed by atoms with Gasteiger partial charge in [0.05, 0.1) is 6.07 Å². The molecule has 0 bridgehead atoms. The molecule has 17 heavy (non-hydrogen) atoms. The first-order valence-corrected chi connectivity index (χ1v) is 6.64. The Hall–Kier alpha value is -1.47. The predicted molar refractivity (Wildman–Crippen MR) is 70.0 cm³/mol. The minimum Gasteiger partial charge on any atom is -0.323 e. The molecular formula is C13H16N2OS. The van der Waals surface area contributed by atoms with Crippen LogP contribution in [0.2, 0.25) is 0 Å². The Morgan fingerprint density at radius 3 is 2.41 bits per heavy atom. The zero-order valence-electron chi connectivity index (χ0n) is 10.3. The molecule has 1 amide bonds. The minimum atomic E-state index is -0.0887. The van der Waals surface area contributed by atoms with Gasteiger partial charge in [-0.15, -0.1) is 11.8 Å². The van der Waals surface area contributed by atoms with Crippen LogP contribution in [0.1, 0.15) is 24.2 Å². The molecule has 3 nitrogen and oxygen atoms in total. The maximum absolute atomic E-state index is 12.1. The molecule has 1 aromatic rings. The van der Waals surface area contributed by atoms with Crippen molar-refractivity contribution in [1.82, 2.24) is 4.90 Å². The highest BCUT2D eigenvalue weighted by Gasteiger charge is 2.17. The van der Waals surface area contributed by atoms with Crippen LogP contribution in [-0.4, -0.2) is 29.6 Å². The molecule has 0 aliphatic carbocycles. The molecule has 0 aliphatic rings. The highest BCUT2D eigenvalue weighted by Crippen LogP contribution is 2.16. The van der Waals surface area contributed by atoms with Crippen molar-refractivity contribution in [3.8, 4) is 6.07 Å². The molecule has 0 spiro atoms. The second kappa shape index (κ2) is 6.31. The van der Waals surface area contributed by atoms with Crippen molar-refractivity contribution in [2.24, 2.45) is 0 Å². The molecule has 90 valence electrons. The standard InChI is InChI=1S/C13H16N2OS/c1-10(2)15(9-8-14)13(16)11-4-6-12(17-3)7-5-11/h4-7,10H,9H2,1-3H3. The van der Waals surface area contributed by atoms with Crippen molar-refractivity contribution >= 4 is 17.7 Å². The molecular weight excluding hydrogens is 232 g/mol. The fourth-order valence-corrected chi connectivity index (χ4v) is 1.87. The van der Waals surface area contributed by atoms with Crippen LogP contribution in [0.25, 0.3) is 0 Å². The maximum Gasteiger partial charge on any atom is 0.254 e. The highest BCUT2D eigenvalue weighted by atomic mass is 32.2. The first-order valence-electron chi connectivity index (χ1n) is 5.42. The molecule has 0 radical (unpaired) electrons. The molecule has 0 unspecified atom stereocenters. The van der Waals surface area contributed by atoms with Gasteiger partial charge in [0.1, 0.15) is 6.54 Å². The van der Waals surface area contributed by atoms with Gasteiger partial charge < -0.3 is 4.90 Å². The van der Waals surface area contributed by atoms with E-state index in [1.807, 2.05) is 38.3 Å². The topological polar surface area (TPSA) is 44.1 Å². The van der Waals surface area contributed by atoms with Crippen molar-refractivity contribution in [3.63, 3.8) is 0 Å². The molecule has 0 heterocycles. The van der Waals surface area contributed by atoms with Gasteiger partial charge in [0, 0.05) is 16.5 Å². The Kier molecular flexibility index (Phi) is 5.05. The summed E-state index contributed by atoms with van der Waals surface area (Å²) < 4.78 is 0. The molecule has 0 atom stereocenters. The second-order valence-corrected chi connectivity index (χ2v) is 4.79. The van der Waals surface area contributed by atoms with Gasteiger partial charge in [-0.05, 0) is 44.4 Å². The highest BCUT2D eigenvalue weighted by molar-refractivity contribution is 7.98. The van der Waals surface area contributed by atoms with E-state index in [-0.39, 0.29) is 18.5 Å². The number of carbonyl (C=O) groups excluding carboxylic acids is 1. The van der Waals surface area contributed by atoms with E-state index in [4.69, 9.17) is 5.26 Å². The second-order valence-electron chi connectivity index (χ2n) is 3.91. The zero-order chi connectivity index (χ0) is 12.8. The zero-order valence-corrected chi connectivity index (χ0v) is 11.1. The summed E-state index contributed by atoms with van der Waals surface area (Å²) in [5, 5.41) is 8.72. The van der Waals surface area contributed by atoms with Gasteiger partial charge in [-0.1, -0.05) is 0 Å². The van der Waals surface area contributed by atoms with Crippen LogP contribution < -0.4 is 0 Å². The van der Waals surface area contributed by atoms with Gasteiger partial charge in [0.25, 0.3) is 5.91 Å². The summed E-state index contributed by atoms with van der Waals surface area (Å²) in [5.74, 6) is -0.0887. The van der Waals surface area contributed by atoms with Crippen molar-refractivity contribution in [3.05, 3.63) is 29.8 Å². The molecule has 0 aromatic heterocycles. The average molecular weight is 248 g/mol. The van der Waals surface area contributed by atoms with Crippen LogP contribution in [0, 0.1) is 11.3 Å². The number of nitriles is 1. The SMILES string of the molecule is CSc1ccc(C(=O)N(CC#N)C(C)C)cc1. The third-order valence-corrected chi connectivity index (χ3v) is 3.21. The number of hydrogen-bond acceptors (Lipinski definition) is 3. The normalized spacial score (nSPS) is 10.1. The number of amides is 1. The van der Waals surface area contributed by atoms with Gasteiger partial charge in [0.15, 0.2) is 0 Å². The van der Waals surface area contributed by atoms with Crippen molar-refractivity contribution in [2.45, 2.75) is 24.8 Å². The Labute approximate surface area is 106 Å². The maximum atomic E-state index is 12.1. The molecule has 0 fully saturated rings. The summed E-state index contributed by atoms with van der Waals surface area (Å²) in [7, 11) is 0. The van der Waals surface area contributed by atoms with E-state index in [0.29, 0.717) is 5.56 Å². The van der Waals surface area contributed by atoms with E-state index >= 15 is 0 Å². The number of nitrogens with zero attached hydrogens (tertiary/aromatic N) is 2. The summed E-state index contributed by atoms with van der Waals surface area (Å²) >= 11 is 1.64. The lowest BCUT2D eigenvalue weighted by molar-refractivity contribution is 0.0731. The van der Waals surface area contributed by atoms with Gasteiger partial charge in [-0.25, -0.2) is 0 Å². The molecule has 1 rings (SSSR count). The van der Waals surface area contributed by atoms with E-state index in [2.05, 4.69) is 0 Å². The van der Waals surface area contributed by atoms with Crippen LogP contribution in [0.15, 0.2) is 29.2 Å². The van der Waals surface area contributed by atoms with Crippen molar-refractivity contribution in [2.75, 3.05) is 12.8 Å². The monoisotopic (exact) mass is 248 g/mol. The lowest BCUT2D eigenvalue weighted by Gasteiger charge is -2.23. The molecule has 0 N–H and O–H groups in total. The van der Waals surface area contributed by atoms with E-state index in [9.17, 15) is 4.79 Å². The van der Waals surface area contributed by atoms with Gasteiger partial charge in [-0.3, -0.25) is 4.79 Å². The molecule has 0 aliphatic heterocycles. The van der Waals surface area contributed by atoms with Crippen LogP contribution in [0.3, 0.4) is 0 Å². The van der Waals surface area contributed by atoms with Gasteiger partial charge in [-0.2, -0.15) is 5.26 Å². The summed E-state index contributed by atoms with van der Waals surface area (Å²) in [5.41, 5.74) is 0.631. The first-order chi connectivity index (χ1) is 8.10. The quantitative estimate of drug-likeness (QED) is 0.608. The average Bonchev–Trinajstić information content (AvgIpc) is 2.35. The Balaban J connectivity index is 2.90. The number of benzene rings is 1. The Morgan fingerprint density at radius 2 is 2.00 bits per heavy atom. The third-order valence-electron chi connectivity index (χ3n) is 2.46. The molecule has 1 aromatic carbocycles. The first kappa shape index (κ1) is 13.6. The third kappa shape index (κ3) is 3.50. The molecule has 0 saturated carbocycles. The van der Waals surface area contributed by atoms with E-state index in [0.717, 1.165) is 4.90 Å². The molecule has 4 heteroatoms. The molecule has 0 saturated heterocycles. The minimum absolute atomic E-state index is 0.0300. The van der Waals surface area contributed by atoms with Crippen LogP contribution >= 0.6 is 11.8 Å². The lowest BCUT2D eigenvalue weighted by Crippen LogP contribution is -2.37. The van der Waals surface area contributed by atoms with Crippen LogP contribution in [-0.2, 0) is 0 Å². The largest absolute Gasteiger partial charge is 0.323 e. The fraction of sp³-hybridized carbons (Fsp3) is 0.385. The van der Waals surface area contributed by atoms with E-state index in [1.165, 1.54) is 0 Å². The predicted octanol–water partition coefficient (Wildman–Crippen LogP) is 2.78. The Bertz CT molecular complexity index is 420. The fourth-order valence-electron chi connectivity index (χ4n) is 1.46. The van der Waals surface area contributed by atoms with Crippen molar-refractivity contribution < 1.29 is 4.79 Å². The van der Waals surface area contributed by atoms with Gasteiger partial charge >= 0.3 is 0 Å². The number of hydrogen-bond donors (Lipinski definition) is 0. The van der Waals surface area contributed by atoms with Crippen LogP contribution in [0.4, 0.5) is 0 Å². The smallest absolute Gasteiger partial charge is 0.254 e. The lowest BCUT2D eigenvalue weighted by atomic mass is 10.1.